The molecule has 0 bridgehead atoms. The van der Waals surface area contributed by atoms with E-state index in [-0.39, 0.29) is 4.90 Å². The summed E-state index contributed by atoms with van der Waals surface area (Å²) < 4.78 is 33.5. The van der Waals surface area contributed by atoms with Gasteiger partial charge in [0.2, 0.25) is 10.0 Å². The Hall–Kier alpha value is -2.51. The first-order valence-electron chi connectivity index (χ1n) is 8.57. The van der Waals surface area contributed by atoms with Crippen molar-refractivity contribution in [1.82, 2.24) is 9.71 Å². The Morgan fingerprint density at radius 2 is 2.08 bits per heavy atom. The number of hydrogen-bond acceptors (Lipinski definition) is 4. The third-order valence-electron chi connectivity index (χ3n) is 4.70. The highest BCUT2D eigenvalue weighted by Gasteiger charge is 2.20. The molecule has 1 aliphatic rings. The van der Waals surface area contributed by atoms with Gasteiger partial charge in [-0.05, 0) is 36.2 Å². The van der Waals surface area contributed by atoms with E-state index >= 15 is 0 Å². The van der Waals surface area contributed by atoms with E-state index in [1.54, 1.807) is 18.2 Å². The first kappa shape index (κ1) is 16.9. The molecule has 0 saturated carbocycles. The largest absolute Gasteiger partial charge is 0.490 e. The lowest BCUT2D eigenvalue weighted by molar-refractivity contribution is 0.311. The zero-order valence-electron chi connectivity index (χ0n) is 14.5. The highest BCUT2D eigenvalue weighted by molar-refractivity contribution is 7.89. The van der Waals surface area contributed by atoms with Gasteiger partial charge in [0.15, 0.2) is 0 Å². The molecular formula is C19H21N3O3S. The molecule has 0 aliphatic carbocycles. The smallest absolute Gasteiger partial charge is 0.240 e. The first-order valence-corrected chi connectivity index (χ1v) is 10.1. The molecule has 0 spiro atoms. The van der Waals surface area contributed by atoms with Crippen LogP contribution in [0, 0.1) is 0 Å². The summed E-state index contributed by atoms with van der Waals surface area (Å²) in [7, 11) is -1.63. The molecule has 136 valence electrons. The highest BCUT2D eigenvalue weighted by atomic mass is 32.2. The normalized spacial score (nSPS) is 14.3. The Morgan fingerprint density at radius 1 is 1.23 bits per heavy atom. The number of hydrogen-bond donors (Lipinski definition) is 2. The second-order valence-electron chi connectivity index (χ2n) is 6.41. The van der Waals surface area contributed by atoms with Crippen LogP contribution in [0.5, 0.6) is 5.75 Å². The van der Waals surface area contributed by atoms with Crippen molar-refractivity contribution < 1.29 is 13.2 Å². The number of sulfonamides is 1. The molecule has 0 atom stereocenters. The van der Waals surface area contributed by atoms with Gasteiger partial charge in [0.25, 0.3) is 0 Å². The van der Waals surface area contributed by atoms with Crippen LogP contribution in [0.3, 0.4) is 0 Å². The Balaban J connectivity index is 1.48. The van der Waals surface area contributed by atoms with Crippen LogP contribution in [0.2, 0.25) is 0 Å². The van der Waals surface area contributed by atoms with Crippen LogP contribution in [-0.4, -0.2) is 40.1 Å². The molecule has 0 radical (unpaired) electrons. The number of nitrogens with zero attached hydrogens (tertiary/aromatic N) is 1. The molecule has 1 aromatic heterocycles. The molecule has 0 saturated heterocycles. The SMILES string of the molecule is CN1CCOc2ccc(S(=O)(=O)NCCc3c[nH]c4ccccc34)cc21. The maximum absolute atomic E-state index is 12.6. The predicted molar refractivity (Wildman–Crippen MR) is 102 cm³/mol. The Bertz CT molecular complexity index is 1040. The molecule has 2 aromatic carbocycles. The maximum atomic E-state index is 12.6. The lowest BCUT2D eigenvalue weighted by Crippen LogP contribution is -2.30. The van der Waals surface area contributed by atoms with E-state index in [9.17, 15) is 8.42 Å². The Morgan fingerprint density at radius 3 is 2.96 bits per heavy atom. The molecular weight excluding hydrogens is 350 g/mol. The highest BCUT2D eigenvalue weighted by Crippen LogP contribution is 2.32. The molecule has 7 heteroatoms. The van der Waals surface area contributed by atoms with Gasteiger partial charge < -0.3 is 14.6 Å². The van der Waals surface area contributed by atoms with Gasteiger partial charge in [-0.15, -0.1) is 0 Å². The fraction of sp³-hybridized carbons (Fsp3) is 0.263. The third kappa shape index (κ3) is 3.15. The third-order valence-corrected chi connectivity index (χ3v) is 6.16. The maximum Gasteiger partial charge on any atom is 0.240 e. The Labute approximate surface area is 152 Å². The standard InChI is InChI=1S/C19H21N3O3S/c1-22-10-11-25-19-7-6-15(12-18(19)22)26(23,24)21-9-8-14-13-20-17-5-3-2-4-16(14)17/h2-7,12-13,20-21H,8-11H2,1H3. The fourth-order valence-electron chi connectivity index (χ4n) is 3.24. The van der Waals surface area contributed by atoms with Gasteiger partial charge >= 0.3 is 0 Å². The number of ether oxygens (including phenoxy) is 1. The van der Waals surface area contributed by atoms with Crippen molar-refractivity contribution >= 4 is 26.6 Å². The van der Waals surface area contributed by atoms with Crippen LogP contribution in [0.15, 0.2) is 53.6 Å². The van der Waals surface area contributed by atoms with Gasteiger partial charge in [0.1, 0.15) is 12.4 Å². The summed E-state index contributed by atoms with van der Waals surface area (Å²) in [6.07, 6.45) is 2.56. The zero-order valence-corrected chi connectivity index (χ0v) is 15.3. The minimum absolute atomic E-state index is 0.257. The molecule has 0 fully saturated rings. The number of para-hydroxylation sites is 1. The number of aromatic nitrogens is 1. The van der Waals surface area contributed by atoms with Gasteiger partial charge in [-0.3, -0.25) is 0 Å². The topological polar surface area (TPSA) is 74.4 Å². The minimum Gasteiger partial charge on any atom is -0.490 e. The van der Waals surface area contributed by atoms with Crippen molar-refractivity contribution in [1.29, 1.82) is 0 Å². The molecule has 3 aromatic rings. The van der Waals surface area contributed by atoms with Crippen molar-refractivity contribution in [3.63, 3.8) is 0 Å². The van der Waals surface area contributed by atoms with E-state index in [2.05, 4.69) is 9.71 Å². The lowest BCUT2D eigenvalue weighted by Gasteiger charge is -2.28. The van der Waals surface area contributed by atoms with Gasteiger partial charge in [-0.25, -0.2) is 13.1 Å². The van der Waals surface area contributed by atoms with Gasteiger partial charge in [0, 0.05) is 30.7 Å². The van der Waals surface area contributed by atoms with Crippen LogP contribution in [0.4, 0.5) is 5.69 Å². The number of benzene rings is 2. The first-order chi connectivity index (χ1) is 12.5. The number of H-pyrrole nitrogens is 1. The van der Waals surface area contributed by atoms with E-state index in [0.717, 1.165) is 34.4 Å². The lowest BCUT2D eigenvalue weighted by atomic mass is 10.1. The second kappa shape index (κ2) is 6.66. The average molecular weight is 371 g/mol. The fourth-order valence-corrected chi connectivity index (χ4v) is 4.29. The van der Waals surface area contributed by atoms with Crippen molar-refractivity contribution in [3.05, 3.63) is 54.2 Å². The number of rotatable bonds is 5. The number of nitrogens with one attached hydrogen (secondary N) is 2. The van der Waals surface area contributed by atoms with Crippen molar-refractivity contribution in [2.75, 3.05) is 31.6 Å². The number of likely N-dealkylation sites (N-methyl/N-ethyl adjacent to an activating group) is 1. The van der Waals surface area contributed by atoms with Crippen molar-refractivity contribution in [2.45, 2.75) is 11.3 Å². The molecule has 4 rings (SSSR count). The average Bonchev–Trinajstić information content (AvgIpc) is 3.05. The van der Waals surface area contributed by atoms with Crippen LogP contribution < -0.4 is 14.4 Å². The van der Waals surface area contributed by atoms with Gasteiger partial charge in [0.05, 0.1) is 17.1 Å². The van der Waals surface area contributed by atoms with Gasteiger partial charge in [-0.1, -0.05) is 18.2 Å². The number of fused-ring (bicyclic) bond motifs is 2. The summed E-state index contributed by atoms with van der Waals surface area (Å²) >= 11 is 0. The van der Waals surface area contributed by atoms with Crippen LogP contribution >= 0.6 is 0 Å². The van der Waals surface area contributed by atoms with E-state index in [1.165, 1.54) is 0 Å². The summed E-state index contributed by atoms with van der Waals surface area (Å²) in [5.41, 5.74) is 2.96. The number of aromatic amines is 1. The molecule has 0 amide bonds. The molecule has 6 nitrogen and oxygen atoms in total. The summed E-state index contributed by atoms with van der Waals surface area (Å²) in [4.78, 5) is 5.47. The monoisotopic (exact) mass is 371 g/mol. The molecule has 0 unspecified atom stereocenters. The van der Waals surface area contributed by atoms with E-state index in [0.29, 0.717) is 19.6 Å². The van der Waals surface area contributed by atoms with Crippen LogP contribution in [0.1, 0.15) is 5.56 Å². The van der Waals surface area contributed by atoms with E-state index in [1.807, 2.05) is 42.4 Å². The summed E-state index contributed by atoms with van der Waals surface area (Å²) in [6.45, 7) is 1.69. The molecule has 1 aliphatic heterocycles. The summed E-state index contributed by atoms with van der Waals surface area (Å²) in [5.74, 6) is 0.719. The predicted octanol–water partition coefficient (Wildman–Crippen LogP) is 2.52. The zero-order chi connectivity index (χ0) is 18.1. The molecule has 26 heavy (non-hydrogen) atoms. The Kier molecular flexibility index (Phi) is 4.34. The summed E-state index contributed by atoms with van der Waals surface area (Å²) in [5, 5.41) is 1.12. The quantitative estimate of drug-likeness (QED) is 0.723. The van der Waals surface area contributed by atoms with Crippen molar-refractivity contribution in [3.8, 4) is 5.75 Å². The number of anilines is 1. The van der Waals surface area contributed by atoms with E-state index < -0.39 is 10.0 Å². The summed E-state index contributed by atoms with van der Waals surface area (Å²) in [6, 6.07) is 13.0. The van der Waals surface area contributed by atoms with E-state index in [4.69, 9.17) is 4.74 Å². The molecule has 2 N–H and O–H groups in total. The second-order valence-corrected chi connectivity index (χ2v) is 8.17. The molecule has 2 heterocycles. The minimum atomic E-state index is -3.57. The van der Waals surface area contributed by atoms with Gasteiger partial charge in [-0.2, -0.15) is 0 Å². The van der Waals surface area contributed by atoms with Crippen LogP contribution in [0.25, 0.3) is 10.9 Å². The van der Waals surface area contributed by atoms with Crippen LogP contribution in [-0.2, 0) is 16.4 Å². The van der Waals surface area contributed by atoms with Crippen molar-refractivity contribution in [2.24, 2.45) is 0 Å².